The van der Waals surface area contributed by atoms with Crippen molar-refractivity contribution in [2.24, 2.45) is 7.05 Å². The predicted molar refractivity (Wildman–Crippen MR) is 52.7 cm³/mol. The third-order valence-corrected chi connectivity index (χ3v) is 2.09. The molecule has 0 aliphatic heterocycles. The smallest absolute Gasteiger partial charge is 0.124 e. The van der Waals surface area contributed by atoms with E-state index in [1.807, 2.05) is 0 Å². The number of rotatable bonds is 5. The van der Waals surface area contributed by atoms with Gasteiger partial charge >= 0.3 is 0 Å². The Morgan fingerprint density at radius 2 is 2.29 bits per heavy atom. The number of nitrogens with zero attached hydrogens (tertiary/aromatic N) is 2. The van der Waals surface area contributed by atoms with Crippen molar-refractivity contribution in [3.05, 3.63) is 18.0 Å². The fourth-order valence-electron chi connectivity index (χ4n) is 1.24. The molecule has 1 aromatic heterocycles. The number of aliphatic hydroxyl groups is 2. The highest BCUT2D eigenvalue weighted by Gasteiger charge is 2.19. The Bertz CT molecular complexity index is 275. The molecule has 0 aliphatic carbocycles. The minimum absolute atomic E-state index is 0.508. The zero-order chi connectivity index (χ0) is 10.6. The van der Waals surface area contributed by atoms with Crippen LogP contribution in [0.5, 0.6) is 0 Å². The SMILES string of the molecule is CNCCC(O)C(O)c1ccn(C)n1. The molecule has 2 atom stereocenters. The lowest BCUT2D eigenvalue weighted by molar-refractivity contribution is 0.0112. The molecular formula is C9H17N3O2. The number of aliphatic hydroxyl groups excluding tert-OH is 2. The fourth-order valence-corrected chi connectivity index (χ4v) is 1.24. The first-order valence-corrected chi connectivity index (χ1v) is 4.65. The van der Waals surface area contributed by atoms with Crippen LogP contribution in [0.25, 0.3) is 0 Å². The van der Waals surface area contributed by atoms with E-state index in [9.17, 15) is 10.2 Å². The Morgan fingerprint density at radius 3 is 2.79 bits per heavy atom. The van der Waals surface area contributed by atoms with Crippen LogP contribution in [0.15, 0.2) is 12.3 Å². The minimum Gasteiger partial charge on any atom is -0.390 e. The summed E-state index contributed by atoms with van der Waals surface area (Å²) in [7, 11) is 3.58. The summed E-state index contributed by atoms with van der Waals surface area (Å²) in [5, 5.41) is 26.2. The number of hydrogen-bond donors (Lipinski definition) is 3. The molecule has 0 amide bonds. The monoisotopic (exact) mass is 199 g/mol. The molecule has 1 aromatic rings. The molecule has 5 nitrogen and oxygen atoms in total. The predicted octanol–water partition coefficient (Wildman–Crippen LogP) is -0.576. The van der Waals surface area contributed by atoms with Crippen LogP contribution >= 0.6 is 0 Å². The molecular weight excluding hydrogens is 182 g/mol. The van der Waals surface area contributed by atoms with Crippen LogP contribution in [0.3, 0.4) is 0 Å². The summed E-state index contributed by atoms with van der Waals surface area (Å²) in [6, 6.07) is 1.70. The summed E-state index contributed by atoms with van der Waals surface area (Å²) in [5.74, 6) is 0. The molecule has 0 saturated carbocycles. The zero-order valence-electron chi connectivity index (χ0n) is 8.51. The topological polar surface area (TPSA) is 70.3 Å². The third-order valence-electron chi connectivity index (χ3n) is 2.09. The maximum absolute atomic E-state index is 9.68. The van der Waals surface area contributed by atoms with Gasteiger partial charge in [-0.1, -0.05) is 0 Å². The average Bonchev–Trinajstić information content (AvgIpc) is 2.60. The highest BCUT2D eigenvalue weighted by molar-refractivity contribution is 5.04. The molecule has 0 bridgehead atoms. The summed E-state index contributed by atoms with van der Waals surface area (Å²) in [4.78, 5) is 0. The molecule has 5 heteroatoms. The number of aromatic nitrogens is 2. The number of nitrogens with one attached hydrogen (secondary N) is 1. The van der Waals surface area contributed by atoms with Gasteiger partial charge in [0.1, 0.15) is 6.10 Å². The van der Waals surface area contributed by atoms with E-state index < -0.39 is 12.2 Å². The van der Waals surface area contributed by atoms with Crippen LogP contribution in [-0.4, -0.2) is 39.7 Å². The van der Waals surface area contributed by atoms with Crippen LogP contribution in [0.2, 0.25) is 0 Å². The lowest BCUT2D eigenvalue weighted by atomic mass is 10.1. The molecule has 2 unspecified atom stereocenters. The van der Waals surface area contributed by atoms with Crippen molar-refractivity contribution in [1.82, 2.24) is 15.1 Å². The maximum atomic E-state index is 9.68. The molecule has 80 valence electrons. The van der Waals surface area contributed by atoms with Crippen molar-refractivity contribution in [2.45, 2.75) is 18.6 Å². The van der Waals surface area contributed by atoms with Crippen molar-refractivity contribution in [3.8, 4) is 0 Å². The van der Waals surface area contributed by atoms with Crippen molar-refractivity contribution in [3.63, 3.8) is 0 Å². The van der Waals surface area contributed by atoms with E-state index in [-0.39, 0.29) is 0 Å². The van der Waals surface area contributed by atoms with Gasteiger partial charge in [-0.25, -0.2) is 0 Å². The lowest BCUT2D eigenvalue weighted by Crippen LogP contribution is -2.23. The van der Waals surface area contributed by atoms with E-state index in [2.05, 4.69) is 10.4 Å². The van der Waals surface area contributed by atoms with Gasteiger partial charge in [0.05, 0.1) is 11.8 Å². The van der Waals surface area contributed by atoms with Gasteiger partial charge in [0.15, 0.2) is 0 Å². The Labute approximate surface area is 83.4 Å². The Morgan fingerprint density at radius 1 is 1.57 bits per heavy atom. The first-order chi connectivity index (χ1) is 6.65. The number of aryl methyl sites for hydroxylation is 1. The highest BCUT2D eigenvalue weighted by Crippen LogP contribution is 2.15. The fraction of sp³-hybridized carbons (Fsp3) is 0.667. The minimum atomic E-state index is -0.899. The quantitative estimate of drug-likeness (QED) is 0.593. The van der Waals surface area contributed by atoms with Gasteiger partial charge < -0.3 is 15.5 Å². The lowest BCUT2D eigenvalue weighted by Gasteiger charge is -2.15. The van der Waals surface area contributed by atoms with Gasteiger partial charge in [-0.05, 0) is 26.1 Å². The van der Waals surface area contributed by atoms with Gasteiger partial charge in [-0.15, -0.1) is 0 Å². The molecule has 1 heterocycles. The molecule has 0 fully saturated rings. The average molecular weight is 199 g/mol. The van der Waals surface area contributed by atoms with Crippen molar-refractivity contribution >= 4 is 0 Å². The molecule has 1 rings (SSSR count). The first kappa shape index (κ1) is 11.2. The molecule has 0 saturated heterocycles. The second-order valence-corrected chi connectivity index (χ2v) is 3.32. The standard InChI is InChI=1S/C9H17N3O2/c1-10-5-3-8(13)9(14)7-4-6-12(2)11-7/h4,6,8-10,13-14H,3,5H2,1-2H3. The summed E-state index contributed by atoms with van der Waals surface area (Å²) < 4.78 is 1.60. The Kier molecular flexibility index (Phi) is 4.06. The van der Waals surface area contributed by atoms with E-state index >= 15 is 0 Å². The van der Waals surface area contributed by atoms with Gasteiger partial charge in [-0.3, -0.25) is 4.68 Å². The van der Waals surface area contributed by atoms with Crippen LogP contribution < -0.4 is 5.32 Å². The first-order valence-electron chi connectivity index (χ1n) is 4.65. The molecule has 14 heavy (non-hydrogen) atoms. The maximum Gasteiger partial charge on any atom is 0.124 e. The largest absolute Gasteiger partial charge is 0.390 e. The van der Waals surface area contributed by atoms with E-state index in [1.165, 1.54) is 0 Å². The molecule has 0 aromatic carbocycles. The van der Waals surface area contributed by atoms with Crippen LogP contribution in [0.1, 0.15) is 18.2 Å². The molecule has 3 N–H and O–H groups in total. The summed E-state index contributed by atoms with van der Waals surface area (Å²) in [5.41, 5.74) is 0.510. The normalized spacial score (nSPS) is 15.4. The van der Waals surface area contributed by atoms with E-state index in [1.54, 1.807) is 31.0 Å². The highest BCUT2D eigenvalue weighted by atomic mass is 16.3. The third kappa shape index (κ3) is 2.80. The van der Waals surface area contributed by atoms with Gasteiger partial charge in [0.2, 0.25) is 0 Å². The summed E-state index contributed by atoms with van der Waals surface area (Å²) in [6.45, 7) is 0.672. The van der Waals surface area contributed by atoms with Crippen LogP contribution in [0, 0.1) is 0 Å². The van der Waals surface area contributed by atoms with Crippen molar-refractivity contribution in [1.29, 1.82) is 0 Å². The Hall–Kier alpha value is -0.910. The van der Waals surface area contributed by atoms with E-state index in [0.717, 1.165) is 0 Å². The summed E-state index contributed by atoms with van der Waals surface area (Å²) in [6.07, 6.45) is 0.583. The van der Waals surface area contributed by atoms with Crippen molar-refractivity contribution in [2.75, 3.05) is 13.6 Å². The molecule has 0 radical (unpaired) electrons. The van der Waals surface area contributed by atoms with Gasteiger partial charge in [-0.2, -0.15) is 5.10 Å². The van der Waals surface area contributed by atoms with Gasteiger partial charge in [0.25, 0.3) is 0 Å². The second-order valence-electron chi connectivity index (χ2n) is 3.32. The second kappa shape index (κ2) is 5.09. The van der Waals surface area contributed by atoms with Crippen LogP contribution in [-0.2, 0) is 7.05 Å². The Balaban J connectivity index is 2.51. The molecule has 0 aliphatic rings. The van der Waals surface area contributed by atoms with E-state index in [0.29, 0.717) is 18.7 Å². The molecule has 0 spiro atoms. The van der Waals surface area contributed by atoms with Gasteiger partial charge in [0, 0.05) is 13.2 Å². The summed E-state index contributed by atoms with van der Waals surface area (Å²) >= 11 is 0. The van der Waals surface area contributed by atoms with E-state index in [4.69, 9.17) is 0 Å². The zero-order valence-corrected chi connectivity index (χ0v) is 8.51. The van der Waals surface area contributed by atoms with Crippen molar-refractivity contribution < 1.29 is 10.2 Å². The van der Waals surface area contributed by atoms with Crippen LogP contribution in [0.4, 0.5) is 0 Å². The number of hydrogen-bond acceptors (Lipinski definition) is 4.